The molecule has 0 aliphatic rings. The number of rotatable bonds is 3. The zero-order chi connectivity index (χ0) is 14.7. The third kappa shape index (κ3) is 2.91. The molecule has 7 nitrogen and oxygen atoms in total. The van der Waals surface area contributed by atoms with Crippen molar-refractivity contribution < 1.29 is 4.79 Å². The number of aryl methyl sites for hydroxylation is 1. The average molecular weight is 338 g/mol. The van der Waals surface area contributed by atoms with Crippen LogP contribution in [-0.4, -0.2) is 20.4 Å². The first-order valence-electron chi connectivity index (χ1n) is 5.71. The molecule has 0 aliphatic carbocycles. The van der Waals surface area contributed by atoms with E-state index in [1.54, 1.807) is 19.1 Å². The van der Waals surface area contributed by atoms with Crippen LogP contribution in [0.2, 0.25) is 0 Å². The van der Waals surface area contributed by atoms with Crippen molar-refractivity contribution in [1.29, 1.82) is 0 Å². The summed E-state index contributed by atoms with van der Waals surface area (Å²) < 4.78 is 1.82. The number of hydrogen-bond donors (Lipinski definition) is 2. The van der Waals surface area contributed by atoms with Gasteiger partial charge >= 0.3 is 0 Å². The number of nitrogen functional groups attached to an aromatic ring is 1. The maximum Gasteiger partial charge on any atom is 0.283 e. The molecule has 20 heavy (non-hydrogen) atoms. The smallest absolute Gasteiger partial charge is 0.283 e. The third-order valence-electron chi connectivity index (χ3n) is 2.66. The Morgan fingerprint density at radius 3 is 2.95 bits per heavy atom. The SMILES string of the molecule is Cc1ncn(Cc2cccc(C(=O)NN)n2)c(=O)c1Br. The quantitative estimate of drug-likeness (QED) is 0.478. The molecule has 0 saturated heterocycles. The van der Waals surface area contributed by atoms with E-state index in [1.165, 1.54) is 17.0 Å². The van der Waals surface area contributed by atoms with Crippen LogP contribution in [0.3, 0.4) is 0 Å². The van der Waals surface area contributed by atoms with Gasteiger partial charge in [0.2, 0.25) is 0 Å². The number of amides is 1. The van der Waals surface area contributed by atoms with Crippen molar-refractivity contribution >= 4 is 21.8 Å². The van der Waals surface area contributed by atoms with Crippen LogP contribution in [0.4, 0.5) is 0 Å². The molecular formula is C12H12BrN5O2. The summed E-state index contributed by atoms with van der Waals surface area (Å²) in [7, 11) is 0. The van der Waals surface area contributed by atoms with Gasteiger partial charge in [-0.1, -0.05) is 6.07 Å². The van der Waals surface area contributed by atoms with Gasteiger partial charge < -0.3 is 0 Å². The zero-order valence-corrected chi connectivity index (χ0v) is 12.2. The number of nitrogens with one attached hydrogen (secondary N) is 1. The first kappa shape index (κ1) is 14.4. The Morgan fingerprint density at radius 1 is 1.50 bits per heavy atom. The monoisotopic (exact) mass is 337 g/mol. The van der Waals surface area contributed by atoms with Gasteiger partial charge in [0.05, 0.1) is 24.3 Å². The molecule has 0 saturated carbocycles. The normalized spacial score (nSPS) is 10.3. The van der Waals surface area contributed by atoms with Gasteiger partial charge in [0.1, 0.15) is 10.2 Å². The van der Waals surface area contributed by atoms with Gasteiger partial charge in [-0.15, -0.1) is 0 Å². The predicted octanol–water partition coefficient (Wildman–Crippen LogP) is 0.361. The molecule has 0 spiro atoms. The molecule has 0 fully saturated rings. The van der Waals surface area contributed by atoms with Gasteiger partial charge in [0, 0.05) is 0 Å². The Kier molecular flexibility index (Phi) is 4.26. The summed E-state index contributed by atoms with van der Waals surface area (Å²) in [6.45, 7) is 1.96. The fraction of sp³-hybridized carbons (Fsp3) is 0.167. The minimum absolute atomic E-state index is 0.192. The van der Waals surface area contributed by atoms with Crippen molar-refractivity contribution in [2.45, 2.75) is 13.5 Å². The summed E-state index contributed by atoms with van der Waals surface area (Å²) in [4.78, 5) is 31.7. The maximum absolute atomic E-state index is 12.0. The summed E-state index contributed by atoms with van der Waals surface area (Å²) in [5.41, 5.74) is 3.18. The van der Waals surface area contributed by atoms with Crippen molar-refractivity contribution in [2.75, 3.05) is 0 Å². The second-order valence-electron chi connectivity index (χ2n) is 4.06. The molecule has 2 heterocycles. The van der Waals surface area contributed by atoms with E-state index in [1.807, 2.05) is 5.43 Å². The van der Waals surface area contributed by atoms with Gasteiger partial charge in [0.25, 0.3) is 11.5 Å². The number of carbonyl (C=O) groups excluding carboxylic acids is 1. The second kappa shape index (κ2) is 5.93. The van der Waals surface area contributed by atoms with Gasteiger partial charge in [-0.2, -0.15) is 0 Å². The highest BCUT2D eigenvalue weighted by atomic mass is 79.9. The van der Waals surface area contributed by atoms with E-state index in [9.17, 15) is 9.59 Å². The van der Waals surface area contributed by atoms with Crippen molar-refractivity contribution in [2.24, 2.45) is 5.84 Å². The van der Waals surface area contributed by atoms with E-state index in [0.717, 1.165) is 0 Å². The van der Waals surface area contributed by atoms with Crippen LogP contribution in [-0.2, 0) is 6.54 Å². The summed E-state index contributed by atoms with van der Waals surface area (Å²) in [6.07, 6.45) is 1.44. The van der Waals surface area contributed by atoms with E-state index in [-0.39, 0.29) is 17.8 Å². The molecule has 3 N–H and O–H groups in total. The number of pyridine rings is 1. The largest absolute Gasteiger partial charge is 0.292 e. The lowest BCUT2D eigenvalue weighted by atomic mass is 10.3. The number of hydrazine groups is 1. The van der Waals surface area contributed by atoms with Crippen molar-refractivity contribution in [3.63, 3.8) is 0 Å². The molecule has 2 aromatic heterocycles. The lowest BCUT2D eigenvalue weighted by Gasteiger charge is -2.07. The molecule has 0 radical (unpaired) electrons. The van der Waals surface area contributed by atoms with E-state index >= 15 is 0 Å². The van der Waals surface area contributed by atoms with Gasteiger partial charge in [0.15, 0.2) is 0 Å². The molecule has 0 bridgehead atoms. The van der Waals surface area contributed by atoms with Gasteiger partial charge in [-0.3, -0.25) is 19.6 Å². The van der Waals surface area contributed by atoms with Gasteiger partial charge in [-0.05, 0) is 35.0 Å². The van der Waals surface area contributed by atoms with E-state index in [4.69, 9.17) is 5.84 Å². The van der Waals surface area contributed by atoms with Crippen molar-refractivity contribution in [3.8, 4) is 0 Å². The number of nitrogens with two attached hydrogens (primary N) is 1. The summed E-state index contributed by atoms with van der Waals surface area (Å²) in [6, 6.07) is 4.93. The van der Waals surface area contributed by atoms with Crippen LogP contribution in [0.15, 0.2) is 33.8 Å². The number of hydrogen-bond acceptors (Lipinski definition) is 5. The lowest BCUT2D eigenvalue weighted by Crippen LogP contribution is -2.31. The molecule has 2 aromatic rings. The predicted molar refractivity (Wildman–Crippen MR) is 75.9 cm³/mol. The number of halogens is 1. The van der Waals surface area contributed by atoms with Crippen LogP contribution in [0.25, 0.3) is 0 Å². The Labute approximate surface area is 123 Å². The Balaban J connectivity index is 2.34. The first-order chi connectivity index (χ1) is 9.52. The summed E-state index contributed by atoms with van der Waals surface area (Å²) in [5, 5.41) is 0. The number of carbonyl (C=O) groups is 1. The molecule has 2 rings (SSSR count). The molecule has 0 aliphatic heterocycles. The van der Waals surface area contributed by atoms with E-state index in [0.29, 0.717) is 15.9 Å². The summed E-state index contributed by atoms with van der Waals surface area (Å²) in [5.74, 6) is 4.57. The molecule has 8 heteroatoms. The molecule has 1 amide bonds. The fourth-order valence-electron chi connectivity index (χ4n) is 1.60. The highest BCUT2D eigenvalue weighted by Gasteiger charge is 2.09. The van der Waals surface area contributed by atoms with Crippen LogP contribution in [0.1, 0.15) is 21.9 Å². The highest BCUT2D eigenvalue weighted by Crippen LogP contribution is 2.07. The number of aromatic nitrogens is 3. The third-order valence-corrected chi connectivity index (χ3v) is 3.57. The van der Waals surface area contributed by atoms with Crippen LogP contribution < -0.4 is 16.8 Å². The Hall–Kier alpha value is -2.06. The Bertz CT molecular complexity index is 713. The molecular weight excluding hydrogens is 326 g/mol. The van der Waals surface area contributed by atoms with Crippen LogP contribution in [0, 0.1) is 6.92 Å². The average Bonchev–Trinajstić information content (AvgIpc) is 2.47. The first-order valence-corrected chi connectivity index (χ1v) is 6.50. The minimum atomic E-state index is -0.484. The fourth-order valence-corrected chi connectivity index (χ4v) is 1.93. The van der Waals surface area contributed by atoms with Crippen molar-refractivity contribution in [3.05, 3.63) is 56.4 Å². The van der Waals surface area contributed by atoms with Gasteiger partial charge in [-0.25, -0.2) is 15.8 Å². The minimum Gasteiger partial charge on any atom is -0.292 e. The Morgan fingerprint density at radius 2 is 2.25 bits per heavy atom. The number of nitrogens with zero attached hydrogens (tertiary/aromatic N) is 3. The zero-order valence-electron chi connectivity index (χ0n) is 10.6. The van der Waals surface area contributed by atoms with Crippen LogP contribution >= 0.6 is 15.9 Å². The lowest BCUT2D eigenvalue weighted by molar-refractivity contribution is 0.0948. The second-order valence-corrected chi connectivity index (χ2v) is 4.86. The molecule has 0 aromatic carbocycles. The molecule has 104 valence electrons. The molecule has 0 unspecified atom stereocenters. The van der Waals surface area contributed by atoms with E-state index in [2.05, 4.69) is 25.9 Å². The summed E-state index contributed by atoms with van der Waals surface area (Å²) >= 11 is 3.20. The van der Waals surface area contributed by atoms with Crippen LogP contribution in [0.5, 0.6) is 0 Å². The maximum atomic E-state index is 12.0. The standard InChI is InChI=1S/C12H12BrN5O2/c1-7-10(13)12(20)18(6-15-7)5-8-3-2-4-9(16-8)11(19)17-14/h2-4,6H,5,14H2,1H3,(H,17,19). The van der Waals surface area contributed by atoms with E-state index < -0.39 is 5.91 Å². The molecule has 0 atom stereocenters. The highest BCUT2D eigenvalue weighted by molar-refractivity contribution is 9.10. The van der Waals surface area contributed by atoms with Crippen molar-refractivity contribution in [1.82, 2.24) is 20.0 Å². The topological polar surface area (TPSA) is 103 Å².